The van der Waals surface area contributed by atoms with Gasteiger partial charge in [0, 0.05) is 11.8 Å². The highest BCUT2D eigenvalue weighted by Gasteiger charge is 2.06. The van der Waals surface area contributed by atoms with Crippen LogP contribution in [-0.2, 0) is 0 Å². The van der Waals surface area contributed by atoms with Crippen LogP contribution in [0.2, 0.25) is 0 Å². The van der Waals surface area contributed by atoms with Crippen LogP contribution < -0.4 is 5.32 Å². The Morgan fingerprint density at radius 2 is 1.82 bits per heavy atom. The third kappa shape index (κ3) is 0.929. The van der Waals surface area contributed by atoms with Crippen molar-refractivity contribution < 1.29 is 0 Å². The maximum atomic E-state index is 4.22. The molecule has 0 fully saturated rings. The summed E-state index contributed by atoms with van der Waals surface area (Å²) in [4.78, 5) is 0. The minimum atomic E-state index is 1.10. The molecule has 0 saturated carbocycles. The van der Waals surface area contributed by atoms with E-state index in [0.29, 0.717) is 0 Å². The van der Waals surface area contributed by atoms with Gasteiger partial charge in [0.15, 0.2) is 0 Å². The molecule has 0 atom stereocenters. The minimum absolute atomic E-state index is 1.10. The average Bonchev–Trinajstić information content (AvgIpc) is 2.36. The molecule has 1 nitrogen and oxygen atoms in total. The van der Waals surface area contributed by atoms with E-state index in [9.17, 15) is 0 Å². The van der Waals surface area contributed by atoms with Crippen molar-refractivity contribution in [2.24, 2.45) is 0 Å². The molecule has 1 aromatic rings. The molecule has 2 rings (SSSR count). The van der Waals surface area contributed by atoms with E-state index in [-0.39, 0.29) is 0 Å². The maximum absolute atomic E-state index is 4.22. The van der Waals surface area contributed by atoms with E-state index in [2.05, 4.69) is 31.3 Å². The fraction of sp³-hybridized carbons (Fsp3) is 0.200. The third-order valence-corrected chi connectivity index (χ3v) is 2.11. The molecule has 0 spiro atoms. The molecule has 0 unspecified atom stereocenters. The maximum Gasteiger partial charge on any atom is 0.0705 e. The lowest BCUT2D eigenvalue weighted by molar-refractivity contribution is 1.20. The van der Waals surface area contributed by atoms with Crippen LogP contribution in [0.15, 0.2) is 18.3 Å². The second kappa shape index (κ2) is 2.12. The molecule has 0 aromatic heterocycles. The van der Waals surface area contributed by atoms with E-state index in [1.54, 1.807) is 0 Å². The summed E-state index contributed by atoms with van der Waals surface area (Å²) in [6.45, 7) is 4.24. The number of benzene rings is 1. The largest absolute Gasteiger partial charge is 0.256 e. The van der Waals surface area contributed by atoms with Crippen molar-refractivity contribution in [3.05, 3.63) is 35.0 Å². The van der Waals surface area contributed by atoms with Gasteiger partial charge in [-0.25, -0.2) is 0 Å². The van der Waals surface area contributed by atoms with Crippen LogP contribution in [0.25, 0.3) is 6.08 Å². The molecule has 55 valence electrons. The van der Waals surface area contributed by atoms with E-state index in [1.807, 2.05) is 12.3 Å². The van der Waals surface area contributed by atoms with Crippen LogP contribution in [0.4, 0.5) is 5.69 Å². The molecule has 0 amide bonds. The molecule has 0 bridgehead atoms. The molecule has 11 heavy (non-hydrogen) atoms. The van der Waals surface area contributed by atoms with Crippen LogP contribution in [0.5, 0.6) is 0 Å². The number of rotatable bonds is 0. The normalized spacial score (nSPS) is 12.9. The SMILES string of the molecule is Cc1cc2c(cc1C)[N]C=C2. The average molecular weight is 144 g/mol. The summed E-state index contributed by atoms with van der Waals surface area (Å²) in [7, 11) is 0. The number of aryl methyl sites for hydroxylation is 2. The van der Waals surface area contributed by atoms with Crippen LogP contribution in [0.1, 0.15) is 16.7 Å². The van der Waals surface area contributed by atoms with Gasteiger partial charge in [0.2, 0.25) is 0 Å². The standard InChI is InChI=1S/C10H10N/c1-7-5-9-3-4-11-10(9)6-8(7)2/h3-6H,1-2H3. The van der Waals surface area contributed by atoms with E-state index in [4.69, 9.17) is 0 Å². The first-order chi connectivity index (χ1) is 5.27. The highest BCUT2D eigenvalue weighted by atomic mass is 14.9. The zero-order valence-electron chi connectivity index (χ0n) is 6.76. The van der Waals surface area contributed by atoms with Crippen molar-refractivity contribution in [2.45, 2.75) is 13.8 Å². The lowest BCUT2D eigenvalue weighted by Crippen LogP contribution is -1.86. The third-order valence-electron chi connectivity index (χ3n) is 2.11. The van der Waals surface area contributed by atoms with Gasteiger partial charge in [-0.3, -0.25) is 5.32 Å². The second-order valence-corrected chi connectivity index (χ2v) is 2.94. The predicted molar refractivity (Wildman–Crippen MR) is 46.7 cm³/mol. The topological polar surface area (TPSA) is 14.1 Å². The molecular weight excluding hydrogens is 134 g/mol. The van der Waals surface area contributed by atoms with Crippen molar-refractivity contribution in [1.29, 1.82) is 0 Å². The van der Waals surface area contributed by atoms with E-state index >= 15 is 0 Å². The second-order valence-electron chi connectivity index (χ2n) is 2.94. The quantitative estimate of drug-likeness (QED) is 0.531. The Morgan fingerprint density at radius 3 is 2.64 bits per heavy atom. The molecule has 0 aliphatic carbocycles. The Kier molecular flexibility index (Phi) is 1.25. The summed E-state index contributed by atoms with van der Waals surface area (Å²) in [6.07, 6.45) is 3.89. The summed E-state index contributed by atoms with van der Waals surface area (Å²) in [6, 6.07) is 4.31. The smallest absolute Gasteiger partial charge is 0.0705 e. The van der Waals surface area contributed by atoms with Crippen molar-refractivity contribution >= 4 is 11.8 Å². The molecule has 1 heteroatoms. The van der Waals surface area contributed by atoms with E-state index in [1.165, 1.54) is 16.7 Å². The Labute approximate surface area is 66.7 Å². The van der Waals surface area contributed by atoms with Crippen molar-refractivity contribution in [3.8, 4) is 0 Å². The van der Waals surface area contributed by atoms with Crippen molar-refractivity contribution in [3.63, 3.8) is 0 Å². The predicted octanol–water partition coefficient (Wildman–Crippen LogP) is 2.52. The number of hydrogen-bond donors (Lipinski definition) is 0. The lowest BCUT2D eigenvalue weighted by atomic mass is 10.1. The van der Waals surface area contributed by atoms with Crippen LogP contribution in [0, 0.1) is 13.8 Å². The summed E-state index contributed by atoms with van der Waals surface area (Å²) < 4.78 is 0. The van der Waals surface area contributed by atoms with Gasteiger partial charge in [0.05, 0.1) is 5.69 Å². The fourth-order valence-corrected chi connectivity index (χ4v) is 1.27. The van der Waals surface area contributed by atoms with Gasteiger partial charge in [-0.1, -0.05) is 0 Å². The van der Waals surface area contributed by atoms with Gasteiger partial charge in [0.25, 0.3) is 0 Å². The Morgan fingerprint density at radius 1 is 1.09 bits per heavy atom. The zero-order chi connectivity index (χ0) is 7.84. The Bertz CT molecular complexity index is 324. The molecule has 1 aromatic carbocycles. The molecular formula is C10H10N. The van der Waals surface area contributed by atoms with Gasteiger partial charge in [-0.15, -0.1) is 0 Å². The highest BCUT2D eigenvalue weighted by molar-refractivity contribution is 5.70. The van der Waals surface area contributed by atoms with Crippen LogP contribution in [0.3, 0.4) is 0 Å². The van der Waals surface area contributed by atoms with Crippen molar-refractivity contribution in [1.82, 2.24) is 5.32 Å². The molecule has 1 aliphatic rings. The Hall–Kier alpha value is -1.24. The van der Waals surface area contributed by atoms with Gasteiger partial charge in [0.1, 0.15) is 0 Å². The minimum Gasteiger partial charge on any atom is -0.256 e. The van der Waals surface area contributed by atoms with Gasteiger partial charge < -0.3 is 0 Å². The highest BCUT2D eigenvalue weighted by Crippen LogP contribution is 2.26. The van der Waals surface area contributed by atoms with Crippen LogP contribution in [-0.4, -0.2) is 0 Å². The van der Waals surface area contributed by atoms with Crippen LogP contribution >= 0.6 is 0 Å². The summed E-state index contributed by atoms with van der Waals surface area (Å²) >= 11 is 0. The fourth-order valence-electron chi connectivity index (χ4n) is 1.27. The first-order valence-corrected chi connectivity index (χ1v) is 3.76. The van der Waals surface area contributed by atoms with Gasteiger partial charge >= 0.3 is 0 Å². The number of hydrogen-bond acceptors (Lipinski definition) is 0. The molecule has 1 aliphatic heterocycles. The summed E-state index contributed by atoms with van der Waals surface area (Å²) in [5, 5.41) is 4.22. The van der Waals surface area contributed by atoms with Gasteiger partial charge in [-0.2, -0.15) is 0 Å². The first-order valence-electron chi connectivity index (χ1n) is 3.76. The summed E-state index contributed by atoms with van der Waals surface area (Å²) in [5.74, 6) is 0. The Balaban J connectivity index is 2.63. The van der Waals surface area contributed by atoms with Gasteiger partial charge in [-0.05, 0) is 43.2 Å². The zero-order valence-corrected chi connectivity index (χ0v) is 6.76. The van der Waals surface area contributed by atoms with E-state index in [0.717, 1.165) is 5.69 Å². The lowest BCUT2D eigenvalue weighted by Gasteiger charge is -2.02. The number of fused-ring (bicyclic) bond motifs is 1. The molecule has 1 radical (unpaired) electrons. The molecule has 0 saturated heterocycles. The first kappa shape index (κ1) is 6.47. The number of nitrogens with zero attached hydrogens (tertiary/aromatic N) is 1. The summed E-state index contributed by atoms with van der Waals surface area (Å²) in [5.41, 5.74) is 5.00. The van der Waals surface area contributed by atoms with E-state index < -0.39 is 0 Å². The monoisotopic (exact) mass is 144 g/mol. The van der Waals surface area contributed by atoms with Crippen molar-refractivity contribution in [2.75, 3.05) is 0 Å². The molecule has 1 heterocycles. The molecule has 0 N–H and O–H groups in total.